The van der Waals surface area contributed by atoms with Crippen LogP contribution in [0.15, 0.2) is 53.4 Å². The molecular weight excluding hydrogens is 368 g/mol. The van der Waals surface area contributed by atoms with E-state index < -0.39 is 10.1 Å². The zero-order valence-electron chi connectivity index (χ0n) is 14.1. The summed E-state index contributed by atoms with van der Waals surface area (Å²) in [7, 11) is -4.22. The number of aryl methyl sites for hydroxylation is 2. The summed E-state index contributed by atoms with van der Waals surface area (Å²) in [5.74, 6) is 0. The molecule has 7 heteroatoms. The van der Waals surface area contributed by atoms with Crippen molar-refractivity contribution in [3.8, 4) is 17.2 Å². The van der Waals surface area contributed by atoms with Crippen molar-refractivity contribution in [2.45, 2.75) is 18.7 Å². The smallest absolute Gasteiger partial charge is 0.294 e. The van der Waals surface area contributed by atoms with Gasteiger partial charge in [0.2, 0.25) is 0 Å². The van der Waals surface area contributed by atoms with E-state index in [1.165, 1.54) is 23.5 Å². The second-order valence-electron chi connectivity index (χ2n) is 5.84. The van der Waals surface area contributed by atoms with Crippen LogP contribution in [0.25, 0.3) is 11.1 Å². The molecule has 0 unspecified atom stereocenters. The molecule has 0 saturated carbocycles. The van der Waals surface area contributed by atoms with Gasteiger partial charge in [-0.1, -0.05) is 29.8 Å². The Hall–Kier alpha value is -2.66. The van der Waals surface area contributed by atoms with Crippen molar-refractivity contribution in [2.75, 3.05) is 5.32 Å². The number of nitrogens with one attached hydrogen (secondary N) is 1. The van der Waals surface area contributed by atoms with Crippen LogP contribution in [0.4, 0.5) is 10.7 Å². The van der Waals surface area contributed by atoms with Crippen LogP contribution < -0.4 is 5.32 Å². The summed E-state index contributed by atoms with van der Waals surface area (Å²) in [5.41, 5.74) is 4.21. The lowest BCUT2D eigenvalue weighted by molar-refractivity contribution is 0.483. The summed E-state index contributed by atoms with van der Waals surface area (Å²) < 4.78 is 31.3. The van der Waals surface area contributed by atoms with Gasteiger partial charge in [0.05, 0.1) is 10.5 Å². The van der Waals surface area contributed by atoms with E-state index in [-0.39, 0.29) is 4.90 Å². The van der Waals surface area contributed by atoms with Crippen molar-refractivity contribution < 1.29 is 13.0 Å². The number of hydrogen-bond acceptors (Lipinski definition) is 5. The Kier molecular flexibility index (Phi) is 4.83. The minimum absolute atomic E-state index is 0.175. The van der Waals surface area contributed by atoms with Crippen molar-refractivity contribution in [1.82, 2.24) is 0 Å². The topological polar surface area (TPSA) is 90.2 Å². The highest BCUT2D eigenvalue weighted by Gasteiger charge is 2.18. The Morgan fingerprint density at radius 2 is 1.65 bits per heavy atom. The maximum atomic E-state index is 11.1. The fraction of sp³-hybridized carbons (Fsp3) is 0.105. The fourth-order valence-electron chi connectivity index (χ4n) is 2.65. The number of thiophene rings is 1. The number of nitriles is 1. The molecule has 3 rings (SSSR count). The zero-order chi connectivity index (χ0) is 18.9. The van der Waals surface area contributed by atoms with Crippen LogP contribution in [0, 0.1) is 25.2 Å². The lowest BCUT2D eigenvalue weighted by Gasteiger charge is -2.06. The molecule has 0 aliphatic rings. The summed E-state index contributed by atoms with van der Waals surface area (Å²) in [6.07, 6.45) is 0. The largest absolute Gasteiger partial charge is 0.346 e. The second-order valence-corrected chi connectivity index (χ2v) is 8.49. The molecule has 0 saturated heterocycles. The average Bonchev–Trinajstić information content (AvgIpc) is 2.90. The maximum Gasteiger partial charge on any atom is 0.294 e. The molecule has 0 amide bonds. The Morgan fingerprint density at radius 3 is 2.19 bits per heavy atom. The van der Waals surface area contributed by atoms with Crippen LogP contribution >= 0.6 is 11.3 Å². The van der Waals surface area contributed by atoms with Crippen molar-refractivity contribution in [2.24, 2.45) is 0 Å². The summed E-state index contributed by atoms with van der Waals surface area (Å²) in [6, 6.07) is 16.0. The van der Waals surface area contributed by atoms with E-state index in [9.17, 15) is 13.7 Å². The number of benzene rings is 2. The molecule has 1 aromatic heterocycles. The van der Waals surface area contributed by atoms with Crippen LogP contribution in [-0.4, -0.2) is 13.0 Å². The molecule has 2 aromatic carbocycles. The zero-order valence-corrected chi connectivity index (χ0v) is 15.8. The van der Waals surface area contributed by atoms with Crippen molar-refractivity contribution in [3.05, 3.63) is 64.5 Å². The van der Waals surface area contributed by atoms with Crippen LogP contribution in [0.2, 0.25) is 0 Å². The van der Waals surface area contributed by atoms with Gasteiger partial charge in [0, 0.05) is 16.1 Å². The van der Waals surface area contributed by atoms with E-state index in [0.717, 1.165) is 21.6 Å². The third-order valence-electron chi connectivity index (χ3n) is 3.95. The summed E-state index contributed by atoms with van der Waals surface area (Å²) in [6.45, 7) is 3.98. The predicted octanol–water partition coefficient (Wildman–Crippen LogP) is 4.89. The highest BCUT2D eigenvalue weighted by Crippen LogP contribution is 2.40. The standard InChI is InChI=1S/C19H16N2O3S2/c1-12-3-5-14(6-4-12)18-13(2)25-19(17(18)11-20)21-15-7-9-16(10-8-15)26(22,23)24/h3-10,21H,1-2H3,(H,22,23,24). The number of rotatable bonds is 4. The van der Waals surface area contributed by atoms with E-state index >= 15 is 0 Å². The monoisotopic (exact) mass is 384 g/mol. The number of anilines is 2. The maximum absolute atomic E-state index is 11.1. The molecule has 2 N–H and O–H groups in total. The number of hydrogen-bond donors (Lipinski definition) is 2. The first-order chi connectivity index (χ1) is 12.3. The van der Waals surface area contributed by atoms with Gasteiger partial charge in [0.15, 0.2) is 0 Å². The van der Waals surface area contributed by atoms with Gasteiger partial charge in [-0.05, 0) is 43.7 Å². The van der Waals surface area contributed by atoms with Gasteiger partial charge >= 0.3 is 0 Å². The van der Waals surface area contributed by atoms with Crippen LogP contribution in [0.1, 0.15) is 16.0 Å². The number of nitrogens with zero attached hydrogens (tertiary/aromatic N) is 1. The molecule has 0 aliphatic carbocycles. The van der Waals surface area contributed by atoms with E-state index in [1.807, 2.05) is 38.1 Å². The van der Waals surface area contributed by atoms with Crippen LogP contribution in [-0.2, 0) is 10.1 Å². The highest BCUT2D eigenvalue weighted by atomic mass is 32.2. The van der Waals surface area contributed by atoms with Gasteiger partial charge < -0.3 is 5.32 Å². The second kappa shape index (κ2) is 6.92. The van der Waals surface area contributed by atoms with Gasteiger partial charge in [0.1, 0.15) is 11.1 Å². The van der Waals surface area contributed by atoms with Crippen LogP contribution in [0.3, 0.4) is 0 Å². The fourth-order valence-corrected chi connectivity index (χ4v) is 4.18. The molecule has 0 radical (unpaired) electrons. The SMILES string of the molecule is Cc1ccc(-c2c(C)sc(Nc3ccc(S(=O)(=O)O)cc3)c2C#N)cc1. The van der Waals surface area contributed by atoms with E-state index in [0.29, 0.717) is 16.3 Å². The molecule has 0 spiro atoms. The molecule has 0 atom stereocenters. The van der Waals surface area contributed by atoms with Crippen LogP contribution in [0.5, 0.6) is 0 Å². The van der Waals surface area contributed by atoms with Gasteiger partial charge in [-0.3, -0.25) is 4.55 Å². The Bertz CT molecular complexity index is 1090. The lowest BCUT2D eigenvalue weighted by atomic mass is 10.0. The first-order valence-electron chi connectivity index (χ1n) is 7.74. The van der Waals surface area contributed by atoms with E-state index in [4.69, 9.17) is 4.55 Å². The predicted molar refractivity (Wildman–Crippen MR) is 103 cm³/mol. The molecule has 0 bridgehead atoms. The minimum atomic E-state index is -4.22. The molecule has 1 heterocycles. The quantitative estimate of drug-likeness (QED) is 0.625. The van der Waals surface area contributed by atoms with E-state index in [1.54, 1.807) is 12.1 Å². The molecule has 0 fully saturated rings. The molecule has 132 valence electrons. The third kappa shape index (κ3) is 3.63. The van der Waals surface area contributed by atoms with E-state index in [2.05, 4.69) is 11.4 Å². The Balaban J connectivity index is 1.98. The molecule has 0 aliphatic heterocycles. The first kappa shape index (κ1) is 18.1. The molecule has 5 nitrogen and oxygen atoms in total. The third-order valence-corrected chi connectivity index (χ3v) is 5.83. The van der Waals surface area contributed by atoms with Gasteiger partial charge in [-0.2, -0.15) is 13.7 Å². The van der Waals surface area contributed by atoms with Crippen molar-refractivity contribution in [1.29, 1.82) is 5.26 Å². The molecule has 26 heavy (non-hydrogen) atoms. The van der Waals surface area contributed by atoms with Crippen molar-refractivity contribution >= 4 is 32.1 Å². The summed E-state index contributed by atoms with van der Waals surface area (Å²) >= 11 is 1.47. The summed E-state index contributed by atoms with van der Waals surface area (Å²) in [4.78, 5) is 0.841. The first-order valence-corrected chi connectivity index (χ1v) is 10.0. The van der Waals surface area contributed by atoms with Gasteiger partial charge in [-0.25, -0.2) is 0 Å². The minimum Gasteiger partial charge on any atom is -0.346 e. The summed E-state index contributed by atoms with van der Waals surface area (Å²) in [5, 5.41) is 13.5. The molecule has 3 aromatic rings. The Morgan fingerprint density at radius 1 is 1.04 bits per heavy atom. The van der Waals surface area contributed by atoms with Crippen molar-refractivity contribution in [3.63, 3.8) is 0 Å². The molecular formula is C19H16N2O3S2. The van der Waals surface area contributed by atoms with Gasteiger partial charge in [0.25, 0.3) is 10.1 Å². The Labute approximate surface area is 156 Å². The normalized spacial score (nSPS) is 11.2. The average molecular weight is 384 g/mol. The highest BCUT2D eigenvalue weighted by molar-refractivity contribution is 7.85. The van der Waals surface area contributed by atoms with Gasteiger partial charge in [-0.15, -0.1) is 11.3 Å². The lowest BCUT2D eigenvalue weighted by Crippen LogP contribution is -1.98.